The number of benzene rings is 2. The van der Waals surface area contributed by atoms with E-state index in [1.54, 1.807) is 20.8 Å². The Morgan fingerprint density at radius 1 is 1.14 bits per heavy atom. The quantitative estimate of drug-likeness (QED) is 0.784. The molecule has 0 radical (unpaired) electrons. The van der Waals surface area contributed by atoms with Crippen LogP contribution in [0.15, 0.2) is 59.9 Å². The van der Waals surface area contributed by atoms with Gasteiger partial charge in [-0.2, -0.15) is 0 Å². The van der Waals surface area contributed by atoms with E-state index in [4.69, 9.17) is 4.74 Å². The van der Waals surface area contributed by atoms with Crippen molar-refractivity contribution in [2.24, 2.45) is 5.41 Å². The fourth-order valence-corrected chi connectivity index (χ4v) is 3.51. The van der Waals surface area contributed by atoms with Crippen LogP contribution in [0.3, 0.4) is 0 Å². The van der Waals surface area contributed by atoms with Gasteiger partial charge in [0.15, 0.2) is 11.5 Å². The van der Waals surface area contributed by atoms with Gasteiger partial charge in [-0.15, -0.1) is 0 Å². The molecule has 2 aromatic rings. The average Bonchev–Trinajstić information content (AvgIpc) is 2.92. The number of carbonyl (C=O) groups is 2. The molecule has 1 heterocycles. The normalized spacial score (nSPS) is 17.1. The second-order valence-corrected chi connectivity index (χ2v) is 8.26. The van der Waals surface area contributed by atoms with Crippen molar-refractivity contribution in [3.05, 3.63) is 71.0 Å². The standard InChI is InChI=1S/C24H27NO4/c1-6-29-18-12-10-16(11-13-18)20-19(22(27)24(3,4)5)21(26)23(28)25(20)17-9-7-8-15(2)14-17/h7-14,20,26H,6H2,1-5H3. The zero-order valence-electron chi connectivity index (χ0n) is 17.5. The first-order chi connectivity index (χ1) is 13.6. The minimum absolute atomic E-state index is 0.133. The van der Waals surface area contributed by atoms with E-state index in [2.05, 4.69) is 0 Å². The van der Waals surface area contributed by atoms with Crippen LogP contribution in [0.1, 0.15) is 44.9 Å². The smallest absolute Gasteiger partial charge is 0.294 e. The largest absolute Gasteiger partial charge is 0.503 e. The average molecular weight is 393 g/mol. The lowest BCUT2D eigenvalue weighted by atomic mass is 9.82. The third-order valence-electron chi connectivity index (χ3n) is 4.92. The molecule has 0 bridgehead atoms. The number of ketones is 1. The number of carbonyl (C=O) groups excluding carboxylic acids is 2. The zero-order chi connectivity index (χ0) is 21.3. The van der Waals surface area contributed by atoms with Crippen molar-refractivity contribution < 1.29 is 19.4 Å². The summed E-state index contributed by atoms with van der Waals surface area (Å²) < 4.78 is 5.51. The van der Waals surface area contributed by atoms with Crippen LogP contribution >= 0.6 is 0 Å². The number of anilines is 1. The molecule has 0 saturated carbocycles. The number of hydrogen-bond donors (Lipinski definition) is 1. The Morgan fingerprint density at radius 3 is 2.34 bits per heavy atom. The maximum absolute atomic E-state index is 13.2. The van der Waals surface area contributed by atoms with Gasteiger partial charge in [0.25, 0.3) is 5.91 Å². The van der Waals surface area contributed by atoms with Crippen molar-refractivity contribution in [3.63, 3.8) is 0 Å². The summed E-state index contributed by atoms with van der Waals surface area (Å²) in [7, 11) is 0. The number of amides is 1. The van der Waals surface area contributed by atoms with Crippen LogP contribution in [0.5, 0.6) is 5.75 Å². The molecular formula is C24H27NO4. The molecule has 1 unspecified atom stereocenters. The first-order valence-electron chi connectivity index (χ1n) is 9.76. The van der Waals surface area contributed by atoms with Gasteiger partial charge in [0, 0.05) is 11.1 Å². The van der Waals surface area contributed by atoms with Gasteiger partial charge in [-0.25, -0.2) is 0 Å². The fraction of sp³-hybridized carbons (Fsp3) is 0.333. The number of nitrogens with zero attached hydrogens (tertiary/aromatic N) is 1. The lowest BCUT2D eigenvalue weighted by Gasteiger charge is -2.29. The topological polar surface area (TPSA) is 66.8 Å². The van der Waals surface area contributed by atoms with E-state index in [0.29, 0.717) is 18.0 Å². The van der Waals surface area contributed by atoms with Gasteiger partial charge in [-0.3, -0.25) is 14.5 Å². The number of Topliss-reactive ketones (excluding diaryl/α,β-unsaturated/α-hetero) is 1. The Bertz CT molecular complexity index is 967. The predicted octanol–water partition coefficient (Wildman–Crippen LogP) is 4.91. The summed E-state index contributed by atoms with van der Waals surface area (Å²) in [5.74, 6) is -0.593. The minimum atomic E-state index is -0.740. The highest BCUT2D eigenvalue weighted by atomic mass is 16.5. The second-order valence-electron chi connectivity index (χ2n) is 8.26. The monoisotopic (exact) mass is 393 g/mol. The molecule has 3 rings (SSSR count). The Balaban J connectivity index is 2.16. The van der Waals surface area contributed by atoms with Crippen LogP contribution in [0.25, 0.3) is 0 Å². The Hall–Kier alpha value is -3.08. The van der Waals surface area contributed by atoms with Crippen molar-refractivity contribution in [2.45, 2.75) is 40.7 Å². The number of aliphatic hydroxyl groups excluding tert-OH is 1. The molecule has 0 fully saturated rings. The van der Waals surface area contributed by atoms with E-state index in [1.165, 1.54) is 4.90 Å². The minimum Gasteiger partial charge on any atom is -0.503 e. The number of ether oxygens (including phenoxy) is 1. The van der Waals surface area contributed by atoms with Crippen molar-refractivity contribution >= 4 is 17.4 Å². The van der Waals surface area contributed by atoms with Crippen LogP contribution < -0.4 is 9.64 Å². The number of aryl methyl sites for hydroxylation is 1. The number of aliphatic hydroxyl groups is 1. The van der Waals surface area contributed by atoms with Crippen LogP contribution in [0.2, 0.25) is 0 Å². The molecule has 29 heavy (non-hydrogen) atoms. The molecular weight excluding hydrogens is 366 g/mol. The van der Waals surface area contributed by atoms with Gasteiger partial charge in [0.2, 0.25) is 0 Å². The highest BCUT2D eigenvalue weighted by molar-refractivity contribution is 6.17. The van der Waals surface area contributed by atoms with Crippen LogP contribution in [-0.2, 0) is 9.59 Å². The van der Waals surface area contributed by atoms with E-state index in [1.807, 2.05) is 62.4 Å². The lowest BCUT2D eigenvalue weighted by Crippen LogP contribution is -2.32. The number of hydrogen-bond acceptors (Lipinski definition) is 4. The van der Waals surface area contributed by atoms with Gasteiger partial charge < -0.3 is 9.84 Å². The molecule has 0 spiro atoms. The molecule has 1 N–H and O–H groups in total. The van der Waals surface area contributed by atoms with Crippen molar-refractivity contribution in [3.8, 4) is 5.75 Å². The summed E-state index contributed by atoms with van der Waals surface area (Å²) in [5, 5.41) is 10.7. The van der Waals surface area contributed by atoms with Gasteiger partial charge in [-0.05, 0) is 49.2 Å². The summed E-state index contributed by atoms with van der Waals surface area (Å²) >= 11 is 0. The molecule has 1 aliphatic rings. The summed E-state index contributed by atoms with van der Waals surface area (Å²) in [6.07, 6.45) is 0. The Kier molecular flexibility index (Phi) is 5.51. The SMILES string of the molecule is CCOc1ccc(C2C(C(=O)C(C)(C)C)=C(O)C(=O)N2c2cccc(C)c2)cc1. The predicted molar refractivity (Wildman–Crippen MR) is 113 cm³/mol. The number of rotatable bonds is 5. The van der Waals surface area contributed by atoms with Gasteiger partial charge in [-0.1, -0.05) is 45.0 Å². The van der Waals surface area contributed by atoms with Crippen LogP contribution in [0.4, 0.5) is 5.69 Å². The first kappa shape index (κ1) is 20.6. The van der Waals surface area contributed by atoms with Crippen molar-refractivity contribution in [2.75, 3.05) is 11.5 Å². The molecule has 2 aromatic carbocycles. The molecule has 1 amide bonds. The highest BCUT2D eigenvalue weighted by Gasteiger charge is 2.46. The third kappa shape index (κ3) is 3.90. The highest BCUT2D eigenvalue weighted by Crippen LogP contribution is 2.43. The van der Waals surface area contributed by atoms with E-state index < -0.39 is 23.1 Å². The molecule has 5 heteroatoms. The van der Waals surface area contributed by atoms with Crippen LogP contribution in [0, 0.1) is 12.3 Å². The van der Waals surface area contributed by atoms with Crippen molar-refractivity contribution in [1.29, 1.82) is 0 Å². The molecule has 1 atom stereocenters. The summed E-state index contributed by atoms with van der Waals surface area (Å²) in [6.45, 7) is 9.74. The Morgan fingerprint density at radius 2 is 1.79 bits per heavy atom. The van der Waals surface area contributed by atoms with Crippen molar-refractivity contribution in [1.82, 2.24) is 0 Å². The van der Waals surface area contributed by atoms with Gasteiger partial charge in [0.05, 0.1) is 18.2 Å². The maximum atomic E-state index is 13.2. The maximum Gasteiger partial charge on any atom is 0.294 e. The molecule has 152 valence electrons. The summed E-state index contributed by atoms with van der Waals surface area (Å²) in [6, 6.07) is 14.1. The molecule has 5 nitrogen and oxygen atoms in total. The molecule has 0 saturated heterocycles. The first-order valence-corrected chi connectivity index (χ1v) is 9.76. The summed E-state index contributed by atoms with van der Waals surface area (Å²) in [4.78, 5) is 27.7. The van der Waals surface area contributed by atoms with Gasteiger partial charge >= 0.3 is 0 Å². The van der Waals surface area contributed by atoms with E-state index in [-0.39, 0.29) is 11.4 Å². The van der Waals surface area contributed by atoms with E-state index >= 15 is 0 Å². The Labute approximate surface area is 171 Å². The zero-order valence-corrected chi connectivity index (χ0v) is 17.5. The fourth-order valence-electron chi connectivity index (χ4n) is 3.51. The van der Waals surface area contributed by atoms with Gasteiger partial charge in [0.1, 0.15) is 5.75 Å². The molecule has 0 aliphatic carbocycles. The molecule has 0 aromatic heterocycles. The molecule has 1 aliphatic heterocycles. The second kappa shape index (κ2) is 7.74. The van der Waals surface area contributed by atoms with E-state index in [0.717, 1.165) is 11.1 Å². The van der Waals surface area contributed by atoms with E-state index in [9.17, 15) is 14.7 Å². The summed E-state index contributed by atoms with van der Waals surface area (Å²) in [5.41, 5.74) is 1.75. The van der Waals surface area contributed by atoms with Crippen LogP contribution in [-0.4, -0.2) is 23.4 Å². The third-order valence-corrected chi connectivity index (χ3v) is 4.92. The lowest BCUT2D eigenvalue weighted by molar-refractivity contribution is -0.123.